The van der Waals surface area contributed by atoms with Crippen LogP contribution in [0.15, 0.2) is 29.2 Å². The molecule has 0 unspecified atom stereocenters. The van der Waals surface area contributed by atoms with Crippen molar-refractivity contribution >= 4 is 17.2 Å². The van der Waals surface area contributed by atoms with Crippen LogP contribution in [0.3, 0.4) is 0 Å². The number of nitrogens with zero attached hydrogens (tertiary/aromatic N) is 5. The highest BCUT2D eigenvalue weighted by molar-refractivity contribution is 7.14. The Kier molecular flexibility index (Phi) is 5.33. The van der Waals surface area contributed by atoms with Crippen LogP contribution in [0.2, 0.25) is 0 Å². The maximum atomic E-state index is 14.0. The molecule has 1 atom stereocenters. The molecule has 0 saturated carbocycles. The van der Waals surface area contributed by atoms with Crippen LogP contribution < -0.4 is 10.4 Å². The third-order valence-corrected chi connectivity index (χ3v) is 6.69. The molecular weight excluding hydrogens is 456 g/mol. The van der Waals surface area contributed by atoms with Gasteiger partial charge in [-0.25, -0.2) is 8.78 Å². The number of likely N-dealkylation sites (N-methyl/N-ethyl adjacent to an activating group) is 1. The van der Waals surface area contributed by atoms with Crippen LogP contribution in [0, 0.1) is 11.6 Å². The number of fused-ring (bicyclic) bond motifs is 3. The molecule has 12 heteroatoms. The number of hydrogen-bond acceptors (Lipinski definition) is 8. The van der Waals surface area contributed by atoms with Crippen molar-refractivity contribution in [3.63, 3.8) is 0 Å². The van der Waals surface area contributed by atoms with Crippen LogP contribution in [-0.4, -0.2) is 63.3 Å². The van der Waals surface area contributed by atoms with E-state index in [2.05, 4.69) is 10.2 Å². The number of carbonyl (C=O) groups excluding carboxylic acids is 1. The van der Waals surface area contributed by atoms with Gasteiger partial charge in [-0.15, -0.1) is 10.2 Å². The lowest BCUT2D eigenvalue weighted by Gasteiger charge is -2.48. The fourth-order valence-corrected chi connectivity index (χ4v) is 4.98. The number of amides is 1. The number of benzene rings is 1. The first-order chi connectivity index (χ1) is 15.9. The maximum Gasteiger partial charge on any atom is 0.278 e. The van der Waals surface area contributed by atoms with Crippen molar-refractivity contribution in [2.75, 3.05) is 31.3 Å². The molecule has 0 aliphatic carbocycles. The number of ether oxygens (including phenoxy) is 1. The minimum absolute atomic E-state index is 0.0670. The third-order valence-electron chi connectivity index (χ3n) is 5.73. The van der Waals surface area contributed by atoms with E-state index < -0.39 is 28.7 Å². The van der Waals surface area contributed by atoms with Crippen molar-refractivity contribution in [3.8, 4) is 16.3 Å². The average Bonchev–Trinajstić information content (AvgIpc) is 3.26. The van der Waals surface area contributed by atoms with Gasteiger partial charge >= 0.3 is 0 Å². The highest BCUT2D eigenvalue weighted by Crippen LogP contribution is 2.30. The zero-order valence-electron chi connectivity index (χ0n) is 17.5. The fourth-order valence-electron chi connectivity index (χ4n) is 4.11. The molecule has 33 heavy (non-hydrogen) atoms. The Balaban J connectivity index is 1.55. The molecule has 2 aromatic heterocycles. The highest BCUT2D eigenvalue weighted by Gasteiger charge is 2.41. The normalized spacial score (nSPS) is 17.8. The Morgan fingerprint density at radius 3 is 2.85 bits per heavy atom. The van der Waals surface area contributed by atoms with Crippen molar-refractivity contribution in [3.05, 3.63) is 62.5 Å². The van der Waals surface area contributed by atoms with Crippen LogP contribution in [-0.2, 0) is 11.2 Å². The maximum absolute atomic E-state index is 14.0. The molecule has 1 fully saturated rings. The molecule has 0 bridgehead atoms. The summed E-state index contributed by atoms with van der Waals surface area (Å²) in [6, 6.07) is 3.28. The molecule has 2 aliphatic rings. The Morgan fingerprint density at radius 1 is 1.27 bits per heavy atom. The monoisotopic (exact) mass is 475 g/mol. The number of halogens is 2. The average molecular weight is 475 g/mol. The van der Waals surface area contributed by atoms with Gasteiger partial charge in [-0.3, -0.25) is 19.3 Å². The van der Waals surface area contributed by atoms with Gasteiger partial charge in [-0.1, -0.05) is 17.4 Å². The third kappa shape index (κ3) is 3.55. The van der Waals surface area contributed by atoms with Crippen molar-refractivity contribution in [1.82, 2.24) is 19.8 Å². The van der Waals surface area contributed by atoms with Gasteiger partial charge in [0.15, 0.2) is 16.5 Å². The Bertz CT molecular complexity index is 1310. The highest BCUT2D eigenvalue weighted by atomic mass is 32.1. The van der Waals surface area contributed by atoms with Crippen molar-refractivity contribution < 1.29 is 23.4 Å². The quantitative estimate of drug-likeness (QED) is 0.613. The van der Waals surface area contributed by atoms with E-state index in [0.717, 1.165) is 23.5 Å². The molecule has 5 rings (SSSR count). The van der Waals surface area contributed by atoms with E-state index in [0.29, 0.717) is 31.3 Å². The van der Waals surface area contributed by atoms with E-state index in [1.807, 2.05) is 11.9 Å². The van der Waals surface area contributed by atoms with Gasteiger partial charge in [0.05, 0.1) is 25.3 Å². The van der Waals surface area contributed by atoms with Crippen LogP contribution >= 0.6 is 11.3 Å². The van der Waals surface area contributed by atoms with Crippen LogP contribution in [0.5, 0.6) is 5.75 Å². The number of pyridine rings is 1. The molecule has 172 valence electrons. The molecule has 1 N–H and O–H groups in total. The smallest absolute Gasteiger partial charge is 0.278 e. The van der Waals surface area contributed by atoms with Gasteiger partial charge < -0.3 is 14.7 Å². The van der Waals surface area contributed by atoms with Crippen LogP contribution in [0.25, 0.3) is 10.6 Å². The second kappa shape index (κ2) is 8.19. The summed E-state index contributed by atoms with van der Waals surface area (Å²) in [5.41, 5.74) is -0.539. The van der Waals surface area contributed by atoms with E-state index in [1.165, 1.54) is 16.9 Å². The Hall–Kier alpha value is -3.38. The molecule has 9 nitrogen and oxygen atoms in total. The van der Waals surface area contributed by atoms with Gasteiger partial charge in [0.25, 0.3) is 5.91 Å². The second-order valence-corrected chi connectivity index (χ2v) is 8.70. The lowest BCUT2D eigenvalue weighted by molar-refractivity contribution is 0.00584. The fraction of sp³-hybridized carbons (Fsp3) is 0.333. The molecule has 1 aromatic carbocycles. The van der Waals surface area contributed by atoms with Crippen molar-refractivity contribution in [1.29, 1.82) is 0 Å². The van der Waals surface area contributed by atoms with Crippen molar-refractivity contribution in [2.24, 2.45) is 0 Å². The van der Waals surface area contributed by atoms with Crippen molar-refractivity contribution in [2.45, 2.75) is 19.5 Å². The van der Waals surface area contributed by atoms with Gasteiger partial charge in [0.2, 0.25) is 5.43 Å². The summed E-state index contributed by atoms with van der Waals surface area (Å²) in [4.78, 5) is 27.5. The summed E-state index contributed by atoms with van der Waals surface area (Å²) in [6.07, 6.45) is 1.17. The number of carbonyl (C=O) groups is 1. The zero-order valence-corrected chi connectivity index (χ0v) is 18.3. The minimum atomic E-state index is -0.743. The number of rotatable bonds is 4. The van der Waals surface area contributed by atoms with Crippen LogP contribution in [0.4, 0.5) is 8.78 Å². The first kappa shape index (κ1) is 21.5. The lowest BCUT2D eigenvalue weighted by atomic mass is 10.1. The summed E-state index contributed by atoms with van der Waals surface area (Å²) >= 11 is 1.06. The molecule has 3 aromatic rings. The van der Waals surface area contributed by atoms with E-state index in [9.17, 15) is 23.5 Å². The predicted octanol–water partition coefficient (Wildman–Crippen LogP) is 1.71. The summed E-state index contributed by atoms with van der Waals surface area (Å²) in [7, 11) is 0. The zero-order chi connectivity index (χ0) is 23.3. The number of aromatic hydroxyl groups is 1. The Morgan fingerprint density at radius 2 is 2.09 bits per heavy atom. The lowest BCUT2D eigenvalue weighted by Crippen LogP contribution is -2.65. The number of hydrogen-bond donors (Lipinski definition) is 1. The summed E-state index contributed by atoms with van der Waals surface area (Å²) < 4.78 is 34.2. The molecule has 2 aliphatic heterocycles. The first-order valence-corrected chi connectivity index (χ1v) is 11.1. The van der Waals surface area contributed by atoms with E-state index in [-0.39, 0.29) is 34.4 Å². The Labute approximate surface area is 190 Å². The van der Waals surface area contributed by atoms with E-state index in [4.69, 9.17) is 4.74 Å². The summed E-state index contributed by atoms with van der Waals surface area (Å²) in [5, 5.41) is 21.3. The molecule has 1 saturated heterocycles. The van der Waals surface area contributed by atoms with E-state index in [1.54, 1.807) is 4.90 Å². The predicted molar refractivity (Wildman–Crippen MR) is 115 cm³/mol. The molecule has 0 radical (unpaired) electrons. The topological polar surface area (TPSA) is 101 Å². The van der Waals surface area contributed by atoms with Gasteiger partial charge in [0.1, 0.15) is 22.8 Å². The van der Waals surface area contributed by atoms with E-state index >= 15 is 0 Å². The molecule has 4 heterocycles. The first-order valence-electron chi connectivity index (χ1n) is 10.3. The molecule has 1 amide bonds. The summed E-state index contributed by atoms with van der Waals surface area (Å²) in [5.74, 6) is -2.50. The summed E-state index contributed by atoms with van der Waals surface area (Å²) in [6.45, 7) is 3.38. The standard InChI is InChI=1S/C21H19F2N5O4S/c1-2-26-16-10-32-6-5-27(16)28-9-13(18(29)19(30)17(28)21(26)31)20-25-24-15(33-20)7-11-3-4-12(22)8-14(11)23/h3-4,8-9,16,30H,2,5-7,10H2,1H3/t16-/m0/s1. The SMILES string of the molecule is CCN1C(=O)c2c(O)c(=O)c(-c3nnc(Cc4ccc(F)cc4F)s3)cn2N2CCOC[C@@H]12. The van der Waals surface area contributed by atoms with Gasteiger partial charge in [-0.05, 0) is 18.6 Å². The minimum Gasteiger partial charge on any atom is -0.502 e. The molecular formula is C21H19F2N5O4S. The largest absolute Gasteiger partial charge is 0.502 e. The van der Waals surface area contributed by atoms with Gasteiger partial charge in [0, 0.05) is 25.2 Å². The number of morpholine rings is 1. The van der Waals surface area contributed by atoms with Gasteiger partial charge in [-0.2, -0.15) is 0 Å². The molecule has 0 spiro atoms. The van der Waals surface area contributed by atoms with Crippen LogP contribution in [0.1, 0.15) is 28.0 Å². The number of aromatic nitrogens is 3. The second-order valence-electron chi connectivity index (χ2n) is 7.64.